The Hall–Kier alpha value is -2.38. The molecule has 0 unspecified atom stereocenters. The van der Waals surface area contributed by atoms with Crippen molar-refractivity contribution in [3.05, 3.63) is 6.20 Å². The summed E-state index contributed by atoms with van der Waals surface area (Å²) >= 11 is 0. The largest absolute Gasteiger partial charge is 0.466 e. The summed E-state index contributed by atoms with van der Waals surface area (Å²) in [6.07, 6.45) is 2.65. The molecule has 0 saturated carbocycles. The van der Waals surface area contributed by atoms with Gasteiger partial charge in [0.05, 0.1) is 18.2 Å². The number of hydrogen-bond acceptors (Lipinski definition) is 7. The lowest BCUT2D eigenvalue weighted by atomic mass is 10.3. The molecule has 4 N–H and O–H groups in total. The third-order valence-electron chi connectivity index (χ3n) is 2.48. The van der Waals surface area contributed by atoms with Gasteiger partial charge in [-0.25, -0.2) is 0 Å². The molecule has 2 aromatic heterocycles. The van der Waals surface area contributed by atoms with Crippen LogP contribution in [0.2, 0.25) is 0 Å². The molecule has 0 aliphatic rings. The van der Waals surface area contributed by atoms with Crippen molar-refractivity contribution in [1.29, 1.82) is 0 Å². The fraction of sp³-hybridized carbons (Fsp3) is 0.455. The maximum Gasteiger partial charge on any atom is 0.305 e. The van der Waals surface area contributed by atoms with Crippen LogP contribution < -0.4 is 11.1 Å². The van der Waals surface area contributed by atoms with E-state index in [-0.39, 0.29) is 11.9 Å². The maximum absolute atomic E-state index is 11.2. The van der Waals surface area contributed by atoms with Crippen molar-refractivity contribution in [3.63, 3.8) is 0 Å². The Morgan fingerprint density at radius 3 is 3.16 bits per heavy atom. The lowest BCUT2D eigenvalue weighted by Crippen LogP contribution is -2.10. The van der Waals surface area contributed by atoms with Crippen LogP contribution in [-0.4, -0.2) is 39.3 Å². The summed E-state index contributed by atoms with van der Waals surface area (Å²) in [5, 5.41) is 10.5. The van der Waals surface area contributed by atoms with Crippen LogP contribution in [0.4, 0.5) is 11.8 Å². The fourth-order valence-corrected chi connectivity index (χ4v) is 1.66. The highest BCUT2D eigenvalue weighted by molar-refractivity contribution is 5.86. The first-order valence-corrected chi connectivity index (χ1v) is 6.06. The smallest absolute Gasteiger partial charge is 0.305 e. The van der Waals surface area contributed by atoms with E-state index in [1.54, 1.807) is 13.1 Å². The molecule has 0 aliphatic carbocycles. The lowest BCUT2D eigenvalue weighted by molar-refractivity contribution is -0.143. The molecule has 0 fully saturated rings. The van der Waals surface area contributed by atoms with Gasteiger partial charge in [0, 0.05) is 13.0 Å². The second-order valence-corrected chi connectivity index (χ2v) is 3.90. The van der Waals surface area contributed by atoms with Crippen LogP contribution in [0.3, 0.4) is 0 Å². The molecular formula is C11H16N6O2. The quantitative estimate of drug-likeness (QED) is 0.518. The summed E-state index contributed by atoms with van der Waals surface area (Å²) in [6, 6.07) is 0. The Bertz CT molecular complexity index is 567. The van der Waals surface area contributed by atoms with Crippen molar-refractivity contribution in [2.75, 3.05) is 24.2 Å². The molecule has 0 amide bonds. The van der Waals surface area contributed by atoms with Crippen molar-refractivity contribution < 1.29 is 9.53 Å². The van der Waals surface area contributed by atoms with Gasteiger partial charge in [0.1, 0.15) is 5.82 Å². The second kappa shape index (κ2) is 5.98. The van der Waals surface area contributed by atoms with Crippen molar-refractivity contribution in [3.8, 4) is 0 Å². The number of nitrogens with zero attached hydrogens (tertiary/aromatic N) is 3. The van der Waals surface area contributed by atoms with Gasteiger partial charge in [-0.05, 0) is 13.3 Å². The van der Waals surface area contributed by atoms with E-state index in [4.69, 9.17) is 10.5 Å². The average molecular weight is 264 g/mol. The normalized spacial score (nSPS) is 10.6. The van der Waals surface area contributed by atoms with Crippen LogP contribution in [0.1, 0.15) is 19.8 Å². The Labute approximate surface area is 109 Å². The van der Waals surface area contributed by atoms with Gasteiger partial charge in [0.2, 0.25) is 5.95 Å². The van der Waals surface area contributed by atoms with Crippen LogP contribution in [0.25, 0.3) is 11.0 Å². The minimum absolute atomic E-state index is 0.171. The Balaban J connectivity index is 1.91. The third-order valence-corrected chi connectivity index (χ3v) is 2.48. The zero-order chi connectivity index (χ0) is 13.7. The van der Waals surface area contributed by atoms with Gasteiger partial charge in [-0.3, -0.25) is 9.89 Å². The highest BCUT2D eigenvalue weighted by atomic mass is 16.5. The van der Waals surface area contributed by atoms with Crippen molar-refractivity contribution in [1.82, 2.24) is 20.2 Å². The van der Waals surface area contributed by atoms with Crippen LogP contribution in [0.5, 0.6) is 0 Å². The first-order chi connectivity index (χ1) is 9.20. The van der Waals surface area contributed by atoms with E-state index in [0.717, 1.165) is 5.39 Å². The first kappa shape index (κ1) is 13.1. The lowest BCUT2D eigenvalue weighted by Gasteiger charge is -2.06. The summed E-state index contributed by atoms with van der Waals surface area (Å²) in [5.74, 6) is 0.588. The summed E-state index contributed by atoms with van der Waals surface area (Å²) in [7, 11) is 0. The van der Waals surface area contributed by atoms with Crippen LogP contribution in [0.15, 0.2) is 6.20 Å². The Morgan fingerprint density at radius 2 is 2.37 bits per heavy atom. The summed E-state index contributed by atoms with van der Waals surface area (Å²) in [4.78, 5) is 19.3. The summed E-state index contributed by atoms with van der Waals surface area (Å²) < 4.78 is 4.84. The van der Waals surface area contributed by atoms with Crippen LogP contribution in [0, 0.1) is 0 Å². The van der Waals surface area contributed by atoms with Gasteiger partial charge >= 0.3 is 5.97 Å². The average Bonchev–Trinajstić information content (AvgIpc) is 2.82. The maximum atomic E-state index is 11.2. The molecule has 2 rings (SSSR count). The number of aromatic nitrogens is 4. The molecule has 0 aromatic carbocycles. The molecule has 8 heteroatoms. The zero-order valence-electron chi connectivity index (χ0n) is 10.6. The summed E-state index contributed by atoms with van der Waals surface area (Å²) in [6.45, 7) is 2.79. The number of aromatic amines is 1. The highest BCUT2D eigenvalue weighted by Gasteiger charge is 2.07. The van der Waals surface area contributed by atoms with E-state index in [1.807, 2.05) is 0 Å². The molecule has 2 heterocycles. The number of fused-ring (bicyclic) bond motifs is 1. The van der Waals surface area contributed by atoms with E-state index in [0.29, 0.717) is 37.5 Å². The number of H-pyrrole nitrogens is 1. The monoisotopic (exact) mass is 264 g/mol. The van der Waals surface area contributed by atoms with E-state index in [2.05, 4.69) is 25.5 Å². The predicted octanol–water partition coefficient (Wildman–Crippen LogP) is 0.690. The summed E-state index contributed by atoms with van der Waals surface area (Å²) in [5.41, 5.74) is 6.18. The fourth-order valence-electron chi connectivity index (χ4n) is 1.66. The second-order valence-electron chi connectivity index (χ2n) is 3.90. The number of hydrogen-bond donors (Lipinski definition) is 3. The Morgan fingerprint density at radius 1 is 1.53 bits per heavy atom. The van der Waals surface area contributed by atoms with Crippen LogP contribution in [-0.2, 0) is 9.53 Å². The molecule has 0 radical (unpaired) electrons. The van der Waals surface area contributed by atoms with E-state index < -0.39 is 0 Å². The van der Waals surface area contributed by atoms with Crippen LogP contribution >= 0.6 is 0 Å². The number of esters is 1. The highest BCUT2D eigenvalue weighted by Crippen LogP contribution is 2.18. The molecule has 0 atom stereocenters. The molecule has 0 aliphatic heterocycles. The molecule has 102 valence electrons. The number of nitrogens with one attached hydrogen (secondary N) is 2. The van der Waals surface area contributed by atoms with E-state index in [1.165, 1.54) is 0 Å². The number of carbonyl (C=O) groups excluding carboxylic acids is 1. The number of ether oxygens (including phenoxy) is 1. The number of rotatable bonds is 6. The molecular weight excluding hydrogens is 248 g/mol. The Kier molecular flexibility index (Phi) is 4.11. The van der Waals surface area contributed by atoms with Gasteiger partial charge in [-0.15, -0.1) is 0 Å². The van der Waals surface area contributed by atoms with Gasteiger partial charge in [0.15, 0.2) is 5.65 Å². The SMILES string of the molecule is CCOC(=O)CCCNc1nc(N)nc2[nH]ncc12. The number of nitrogen functional groups attached to an aromatic ring is 1. The van der Waals surface area contributed by atoms with E-state index >= 15 is 0 Å². The van der Waals surface area contributed by atoms with Gasteiger partial charge < -0.3 is 15.8 Å². The molecule has 0 spiro atoms. The van der Waals surface area contributed by atoms with Gasteiger partial charge in [-0.2, -0.15) is 15.1 Å². The zero-order valence-corrected chi connectivity index (χ0v) is 10.6. The van der Waals surface area contributed by atoms with Crippen molar-refractivity contribution in [2.45, 2.75) is 19.8 Å². The minimum Gasteiger partial charge on any atom is -0.466 e. The standard InChI is InChI=1S/C11H16N6O2/c1-2-19-8(18)4-3-5-13-9-7-6-14-17-10(7)16-11(12)15-9/h6H,2-5H2,1H3,(H4,12,13,14,15,16,17). The topological polar surface area (TPSA) is 119 Å². The predicted molar refractivity (Wildman–Crippen MR) is 70.5 cm³/mol. The van der Waals surface area contributed by atoms with E-state index in [9.17, 15) is 4.79 Å². The third kappa shape index (κ3) is 3.30. The number of carbonyl (C=O) groups is 1. The molecule has 0 saturated heterocycles. The van der Waals surface area contributed by atoms with Gasteiger partial charge in [-0.1, -0.05) is 0 Å². The number of nitrogens with two attached hydrogens (primary N) is 1. The molecule has 8 nitrogen and oxygen atoms in total. The number of anilines is 2. The molecule has 19 heavy (non-hydrogen) atoms. The molecule has 2 aromatic rings. The minimum atomic E-state index is -0.194. The van der Waals surface area contributed by atoms with Crippen molar-refractivity contribution >= 4 is 28.8 Å². The van der Waals surface area contributed by atoms with Crippen molar-refractivity contribution in [2.24, 2.45) is 0 Å². The first-order valence-electron chi connectivity index (χ1n) is 6.06. The van der Waals surface area contributed by atoms with Gasteiger partial charge in [0.25, 0.3) is 0 Å². The molecule has 0 bridgehead atoms.